The molecule has 2 nitrogen and oxygen atoms in total. The predicted octanol–water partition coefficient (Wildman–Crippen LogP) is 3.29. The van der Waals surface area contributed by atoms with Gasteiger partial charge in [-0.15, -0.1) is 0 Å². The molecule has 0 fully saturated rings. The van der Waals surface area contributed by atoms with Gasteiger partial charge in [0.2, 0.25) is 0 Å². The van der Waals surface area contributed by atoms with Gasteiger partial charge in [-0.2, -0.15) is 0 Å². The predicted molar refractivity (Wildman–Crippen MR) is 65.9 cm³/mol. The van der Waals surface area contributed by atoms with E-state index in [0.29, 0.717) is 4.47 Å². The van der Waals surface area contributed by atoms with Gasteiger partial charge in [-0.1, -0.05) is 19.4 Å². The Kier molecular flexibility index (Phi) is 5.09. The Balaban J connectivity index is 2.77. The molecule has 0 aliphatic carbocycles. The number of nitrogens with two attached hydrogens (primary N) is 1. The van der Waals surface area contributed by atoms with Crippen LogP contribution in [0.25, 0.3) is 0 Å². The molecule has 0 amide bonds. The van der Waals surface area contributed by atoms with Crippen LogP contribution in [0.2, 0.25) is 0 Å². The third-order valence-corrected chi connectivity index (χ3v) is 2.97. The average Bonchev–Trinajstić information content (AvgIpc) is 2.22. The number of carbonyl (C=O) groups excluding carboxylic acids is 1. The summed E-state index contributed by atoms with van der Waals surface area (Å²) in [6.45, 7) is 2.00. The first-order valence-corrected chi connectivity index (χ1v) is 6.08. The van der Waals surface area contributed by atoms with Crippen LogP contribution >= 0.6 is 15.9 Å². The Bertz CT molecular complexity index is 381. The van der Waals surface area contributed by atoms with Gasteiger partial charge in [0.1, 0.15) is 5.82 Å². The lowest BCUT2D eigenvalue weighted by Crippen LogP contribution is -2.24. The molecule has 4 heteroatoms. The summed E-state index contributed by atoms with van der Waals surface area (Å²) in [4.78, 5) is 11.8. The van der Waals surface area contributed by atoms with Crippen LogP contribution in [-0.4, -0.2) is 11.8 Å². The van der Waals surface area contributed by atoms with E-state index in [4.69, 9.17) is 5.73 Å². The largest absolute Gasteiger partial charge is 0.327 e. The number of hydrogen-bond acceptors (Lipinski definition) is 2. The number of rotatable bonds is 5. The lowest BCUT2D eigenvalue weighted by Gasteiger charge is -2.09. The molecule has 1 aromatic rings. The molecule has 0 heterocycles. The van der Waals surface area contributed by atoms with Crippen molar-refractivity contribution in [1.82, 2.24) is 0 Å². The normalized spacial score (nSPS) is 12.5. The van der Waals surface area contributed by atoms with Crippen molar-refractivity contribution < 1.29 is 9.18 Å². The summed E-state index contributed by atoms with van der Waals surface area (Å²) in [5.74, 6) is -0.740. The Morgan fingerprint density at radius 2 is 2.25 bits per heavy atom. The third-order valence-electron chi connectivity index (χ3n) is 2.36. The van der Waals surface area contributed by atoms with Crippen LogP contribution in [0.1, 0.15) is 36.5 Å². The van der Waals surface area contributed by atoms with E-state index < -0.39 is 5.82 Å². The highest BCUT2D eigenvalue weighted by molar-refractivity contribution is 9.10. The van der Waals surface area contributed by atoms with Crippen molar-refractivity contribution >= 4 is 21.7 Å². The minimum Gasteiger partial charge on any atom is -0.327 e. The van der Waals surface area contributed by atoms with Gasteiger partial charge < -0.3 is 5.73 Å². The highest BCUT2D eigenvalue weighted by atomic mass is 79.9. The summed E-state index contributed by atoms with van der Waals surface area (Å²) in [7, 11) is 0. The number of Topliss-reactive ketones (excluding diaryl/α,β-unsaturated/α-hetero) is 1. The molecular formula is C12H15BrFNO. The molecule has 0 saturated carbocycles. The second-order valence-electron chi connectivity index (χ2n) is 3.78. The van der Waals surface area contributed by atoms with E-state index in [1.54, 1.807) is 12.1 Å². The maximum Gasteiger partial charge on any atom is 0.167 e. The van der Waals surface area contributed by atoms with Crippen molar-refractivity contribution in [1.29, 1.82) is 0 Å². The second-order valence-corrected chi connectivity index (χ2v) is 4.63. The van der Waals surface area contributed by atoms with Crippen LogP contribution in [0.3, 0.4) is 0 Å². The molecule has 1 rings (SSSR count). The molecule has 0 spiro atoms. The molecule has 88 valence electrons. The molecule has 2 N–H and O–H groups in total. The number of ketones is 1. The summed E-state index contributed by atoms with van der Waals surface area (Å²) in [6.07, 6.45) is 1.90. The van der Waals surface area contributed by atoms with Crippen molar-refractivity contribution in [2.45, 2.75) is 32.2 Å². The smallest absolute Gasteiger partial charge is 0.167 e. The molecule has 0 saturated heterocycles. The zero-order valence-corrected chi connectivity index (χ0v) is 10.8. The number of hydrogen-bond donors (Lipinski definition) is 1. The molecule has 1 unspecified atom stereocenters. The molecule has 0 bridgehead atoms. The lowest BCUT2D eigenvalue weighted by molar-refractivity contribution is 0.0969. The maximum atomic E-state index is 13.6. The van der Waals surface area contributed by atoms with Crippen molar-refractivity contribution in [3.8, 4) is 0 Å². The second kappa shape index (κ2) is 6.11. The van der Waals surface area contributed by atoms with Crippen LogP contribution < -0.4 is 5.73 Å². The van der Waals surface area contributed by atoms with Gasteiger partial charge in [-0.25, -0.2) is 4.39 Å². The third kappa shape index (κ3) is 3.39. The summed E-state index contributed by atoms with van der Waals surface area (Å²) in [6, 6.07) is 4.51. The number of carbonyl (C=O) groups is 1. The summed E-state index contributed by atoms with van der Waals surface area (Å²) >= 11 is 3.05. The van der Waals surface area contributed by atoms with E-state index in [1.165, 1.54) is 6.07 Å². The fraction of sp³-hybridized carbons (Fsp3) is 0.417. The fourth-order valence-corrected chi connectivity index (χ4v) is 1.91. The topological polar surface area (TPSA) is 43.1 Å². The minimum absolute atomic E-state index is 0.112. The van der Waals surface area contributed by atoms with Crippen molar-refractivity contribution in [2.75, 3.05) is 0 Å². The van der Waals surface area contributed by atoms with Gasteiger partial charge in [-0.05, 0) is 34.5 Å². The lowest BCUT2D eigenvalue weighted by atomic mass is 10.0. The Morgan fingerprint density at radius 1 is 1.56 bits per heavy atom. The minimum atomic E-state index is -0.504. The van der Waals surface area contributed by atoms with Gasteiger partial charge in [-0.3, -0.25) is 4.79 Å². The molecule has 16 heavy (non-hydrogen) atoms. The van der Waals surface area contributed by atoms with E-state index in [1.807, 2.05) is 6.92 Å². The Labute approximate surface area is 103 Å². The molecule has 0 radical (unpaired) electrons. The molecule has 0 aliphatic rings. The zero-order valence-electron chi connectivity index (χ0n) is 9.17. The molecule has 0 aromatic heterocycles. The van der Waals surface area contributed by atoms with E-state index in [0.717, 1.165) is 12.8 Å². The summed E-state index contributed by atoms with van der Waals surface area (Å²) in [5.41, 5.74) is 5.87. The zero-order chi connectivity index (χ0) is 12.1. The van der Waals surface area contributed by atoms with Gasteiger partial charge in [0.15, 0.2) is 5.78 Å². The molecule has 1 aromatic carbocycles. The van der Waals surface area contributed by atoms with Crippen molar-refractivity contribution in [3.63, 3.8) is 0 Å². The number of halogens is 2. The molecule has 1 atom stereocenters. The monoisotopic (exact) mass is 287 g/mol. The first-order valence-electron chi connectivity index (χ1n) is 5.29. The highest BCUT2D eigenvalue weighted by Crippen LogP contribution is 2.20. The Morgan fingerprint density at radius 3 is 2.88 bits per heavy atom. The quantitative estimate of drug-likeness (QED) is 0.845. The molecule has 0 aliphatic heterocycles. The van der Waals surface area contributed by atoms with Crippen LogP contribution in [0, 0.1) is 5.82 Å². The first-order chi connectivity index (χ1) is 7.56. The standard InChI is InChI=1S/C12H15BrFNO/c1-2-4-8(15)7-11(16)9-5-3-6-10(13)12(9)14/h3,5-6,8H,2,4,7,15H2,1H3. The van der Waals surface area contributed by atoms with Crippen molar-refractivity contribution in [2.24, 2.45) is 5.73 Å². The van der Waals surface area contributed by atoms with Gasteiger partial charge >= 0.3 is 0 Å². The van der Waals surface area contributed by atoms with Gasteiger partial charge in [0.25, 0.3) is 0 Å². The summed E-state index contributed by atoms with van der Waals surface area (Å²) in [5, 5.41) is 0. The average molecular weight is 288 g/mol. The van der Waals surface area contributed by atoms with E-state index in [9.17, 15) is 9.18 Å². The van der Waals surface area contributed by atoms with Crippen molar-refractivity contribution in [3.05, 3.63) is 34.1 Å². The van der Waals surface area contributed by atoms with E-state index in [2.05, 4.69) is 15.9 Å². The maximum absolute atomic E-state index is 13.6. The van der Waals surface area contributed by atoms with Crippen LogP contribution in [0.15, 0.2) is 22.7 Å². The first kappa shape index (κ1) is 13.3. The van der Waals surface area contributed by atoms with Gasteiger partial charge in [0.05, 0.1) is 10.0 Å². The van der Waals surface area contributed by atoms with E-state index >= 15 is 0 Å². The van der Waals surface area contributed by atoms with Crippen LogP contribution in [-0.2, 0) is 0 Å². The van der Waals surface area contributed by atoms with Crippen LogP contribution in [0.5, 0.6) is 0 Å². The Hall–Kier alpha value is -0.740. The summed E-state index contributed by atoms with van der Waals surface area (Å²) < 4.78 is 13.9. The van der Waals surface area contributed by atoms with Gasteiger partial charge in [0, 0.05) is 12.5 Å². The number of benzene rings is 1. The van der Waals surface area contributed by atoms with Crippen LogP contribution in [0.4, 0.5) is 4.39 Å². The SMILES string of the molecule is CCCC(N)CC(=O)c1cccc(Br)c1F. The van der Waals surface area contributed by atoms with E-state index in [-0.39, 0.29) is 23.8 Å². The molecular weight excluding hydrogens is 273 g/mol. The highest BCUT2D eigenvalue weighted by Gasteiger charge is 2.16. The fourth-order valence-electron chi connectivity index (χ4n) is 1.54.